The molecule has 2 heteroatoms. The summed E-state index contributed by atoms with van der Waals surface area (Å²) >= 11 is 0. The minimum atomic E-state index is -0.218. The first-order valence-electron chi connectivity index (χ1n) is 7.13. The highest BCUT2D eigenvalue weighted by atomic mass is 16.5. The highest BCUT2D eigenvalue weighted by Crippen LogP contribution is 2.12. The molecule has 0 N–H and O–H groups in total. The van der Waals surface area contributed by atoms with Crippen LogP contribution in [-0.4, -0.2) is 5.97 Å². The van der Waals surface area contributed by atoms with E-state index in [1.165, 1.54) is 11.8 Å². The molecular formula is C18H24O2. The molecule has 0 spiro atoms. The van der Waals surface area contributed by atoms with Crippen LogP contribution in [-0.2, 0) is 16.0 Å². The van der Waals surface area contributed by atoms with Crippen LogP contribution in [0.15, 0.2) is 54.3 Å². The van der Waals surface area contributed by atoms with E-state index in [1.807, 2.05) is 36.4 Å². The second-order valence-electron chi connectivity index (χ2n) is 5.13. The van der Waals surface area contributed by atoms with E-state index < -0.39 is 0 Å². The first-order valence-corrected chi connectivity index (χ1v) is 7.13. The van der Waals surface area contributed by atoms with E-state index in [-0.39, 0.29) is 5.97 Å². The molecule has 1 atom stereocenters. The largest absolute Gasteiger partial charge is 0.435 e. The molecule has 1 aromatic carbocycles. The predicted octanol–water partition coefficient (Wildman–Crippen LogP) is 4.67. The van der Waals surface area contributed by atoms with Gasteiger partial charge in [0.15, 0.2) is 0 Å². The summed E-state index contributed by atoms with van der Waals surface area (Å²) in [7, 11) is 0. The summed E-state index contributed by atoms with van der Waals surface area (Å²) in [5.41, 5.74) is 2.37. The highest BCUT2D eigenvalue weighted by Gasteiger charge is 2.03. The van der Waals surface area contributed by atoms with Gasteiger partial charge in [0.25, 0.3) is 0 Å². The normalized spacial score (nSPS) is 13.4. The van der Waals surface area contributed by atoms with E-state index in [2.05, 4.69) is 26.8 Å². The number of hydrogen-bond acceptors (Lipinski definition) is 2. The zero-order chi connectivity index (χ0) is 14.8. The van der Waals surface area contributed by atoms with Gasteiger partial charge in [-0.3, -0.25) is 4.79 Å². The maximum Gasteiger partial charge on any atom is 0.315 e. The standard InChI is InChI=1S/C18H24O2/c1-4-15(2)10-11-16(3)12-13-20-18(19)14-17-8-6-5-7-9-17/h4-9,12-13,16H,10-11,14H2,1-3H3/b13-12+,15-4+. The van der Waals surface area contributed by atoms with Crippen molar-refractivity contribution < 1.29 is 9.53 Å². The molecule has 0 aliphatic carbocycles. The lowest BCUT2D eigenvalue weighted by Gasteiger charge is -2.06. The van der Waals surface area contributed by atoms with Crippen LogP contribution in [0, 0.1) is 5.92 Å². The SMILES string of the molecule is C/C=C(\C)CCC(C)/C=C/OC(=O)Cc1ccccc1. The molecule has 1 rings (SSSR count). The lowest BCUT2D eigenvalue weighted by Crippen LogP contribution is -2.04. The molecule has 0 amide bonds. The molecule has 20 heavy (non-hydrogen) atoms. The van der Waals surface area contributed by atoms with E-state index in [1.54, 1.807) is 0 Å². The molecule has 108 valence electrons. The van der Waals surface area contributed by atoms with Gasteiger partial charge in [0, 0.05) is 0 Å². The predicted molar refractivity (Wildman–Crippen MR) is 83.2 cm³/mol. The van der Waals surface area contributed by atoms with Crippen LogP contribution in [0.25, 0.3) is 0 Å². The third-order valence-electron chi connectivity index (χ3n) is 3.28. The van der Waals surface area contributed by atoms with Crippen LogP contribution in [0.2, 0.25) is 0 Å². The second kappa shape index (κ2) is 9.13. The Labute approximate surface area is 122 Å². The van der Waals surface area contributed by atoms with Gasteiger partial charge in [0.1, 0.15) is 0 Å². The Morgan fingerprint density at radius 1 is 1.30 bits per heavy atom. The number of benzene rings is 1. The van der Waals surface area contributed by atoms with Crippen molar-refractivity contribution in [3.8, 4) is 0 Å². The molecule has 0 fully saturated rings. The number of esters is 1. The van der Waals surface area contributed by atoms with Crippen molar-refractivity contribution >= 4 is 5.97 Å². The molecule has 1 aromatic rings. The Hall–Kier alpha value is -1.83. The summed E-state index contributed by atoms with van der Waals surface area (Å²) in [6.07, 6.45) is 8.09. The molecule has 2 nitrogen and oxygen atoms in total. The maximum absolute atomic E-state index is 11.6. The van der Waals surface area contributed by atoms with Crippen LogP contribution in [0.5, 0.6) is 0 Å². The lowest BCUT2D eigenvalue weighted by atomic mass is 10.0. The van der Waals surface area contributed by atoms with Gasteiger partial charge in [-0.1, -0.05) is 48.9 Å². The number of carbonyl (C=O) groups is 1. The summed E-state index contributed by atoms with van der Waals surface area (Å²) in [4.78, 5) is 11.6. The fourth-order valence-corrected chi connectivity index (χ4v) is 1.75. The number of carbonyl (C=O) groups excluding carboxylic acids is 1. The van der Waals surface area contributed by atoms with Crippen molar-refractivity contribution in [3.63, 3.8) is 0 Å². The lowest BCUT2D eigenvalue weighted by molar-refractivity contribution is -0.137. The first-order chi connectivity index (χ1) is 9.61. The smallest absolute Gasteiger partial charge is 0.315 e. The number of rotatable bonds is 7. The summed E-state index contributed by atoms with van der Waals surface area (Å²) < 4.78 is 5.12. The second-order valence-corrected chi connectivity index (χ2v) is 5.13. The molecular weight excluding hydrogens is 248 g/mol. The highest BCUT2D eigenvalue weighted by molar-refractivity contribution is 5.73. The third-order valence-corrected chi connectivity index (χ3v) is 3.28. The van der Waals surface area contributed by atoms with Gasteiger partial charge in [-0.25, -0.2) is 0 Å². The quantitative estimate of drug-likeness (QED) is 0.409. The molecule has 0 saturated carbocycles. The summed E-state index contributed by atoms with van der Waals surface area (Å²) in [5, 5.41) is 0. The Morgan fingerprint density at radius 2 is 2.00 bits per heavy atom. The first kappa shape index (κ1) is 16.2. The monoisotopic (exact) mass is 272 g/mol. The Morgan fingerprint density at radius 3 is 2.65 bits per heavy atom. The third kappa shape index (κ3) is 6.93. The van der Waals surface area contributed by atoms with E-state index in [9.17, 15) is 4.79 Å². The van der Waals surface area contributed by atoms with Crippen molar-refractivity contribution in [2.75, 3.05) is 0 Å². The minimum Gasteiger partial charge on any atom is -0.435 e. The molecule has 0 aliphatic rings. The average molecular weight is 272 g/mol. The number of allylic oxidation sites excluding steroid dienone is 3. The number of ether oxygens (including phenoxy) is 1. The van der Waals surface area contributed by atoms with Crippen LogP contribution < -0.4 is 0 Å². The van der Waals surface area contributed by atoms with E-state index in [0.29, 0.717) is 12.3 Å². The maximum atomic E-state index is 11.6. The summed E-state index contributed by atoms with van der Waals surface area (Å²) in [6, 6.07) is 9.62. The van der Waals surface area contributed by atoms with Gasteiger partial charge in [-0.05, 0) is 44.2 Å². The van der Waals surface area contributed by atoms with Crippen molar-refractivity contribution in [1.29, 1.82) is 0 Å². The van der Waals surface area contributed by atoms with Crippen molar-refractivity contribution in [1.82, 2.24) is 0 Å². The Balaban J connectivity index is 2.28. The zero-order valence-electron chi connectivity index (χ0n) is 12.6. The molecule has 0 aromatic heterocycles. The van der Waals surface area contributed by atoms with Crippen LogP contribution in [0.3, 0.4) is 0 Å². The van der Waals surface area contributed by atoms with Crippen LogP contribution in [0.4, 0.5) is 0 Å². The topological polar surface area (TPSA) is 26.3 Å². The zero-order valence-corrected chi connectivity index (χ0v) is 12.6. The fraction of sp³-hybridized carbons (Fsp3) is 0.389. The van der Waals surface area contributed by atoms with Gasteiger partial charge < -0.3 is 4.74 Å². The van der Waals surface area contributed by atoms with Crippen LogP contribution >= 0.6 is 0 Å². The molecule has 1 unspecified atom stereocenters. The average Bonchev–Trinajstić information content (AvgIpc) is 2.45. The summed E-state index contributed by atoms with van der Waals surface area (Å²) in [6.45, 7) is 6.32. The van der Waals surface area contributed by atoms with Gasteiger partial charge in [0.05, 0.1) is 12.7 Å². The van der Waals surface area contributed by atoms with Gasteiger partial charge in [-0.15, -0.1) is 0 Å². The van der Waals surface area contributed by atoms with Gasteiger partial charge in [0.2, 0.25) is 0 Å². The molecule has 0 heterocycles. The Bertz CT molecular complexity index is 458. The Kier molecular flexibility index (Phi) is 7.41. The van der Waals surface area contributed by atoms with Crippen molar-refractivity contribution in [2.45, 2.75) is 40.0 Å². The molecule has 0 radical (unpaired) electrons. The fourth-order valence-electron chi connectivity index (χ4n) is 1.75. The van der Waals surface area contributed by atoms with Crippen molar-refractivity contribution in [3.05, 3.63) is 59.9 Å². The van der Waals surface area contributed by atoms with E-state index in [4.69, 9.17) is 4.74 Å². The minimum absolute atomic E-state index is 0.218. The van der Waals surface area contributed by atoms with Gasteiger partial charge >= 0.3 is 5.97 Å². The molecule has 0 bridgehead atoms. The van der Waals surface area contributed by atoms with E-state index >= 15 is 0 Å². The van der Waals surface area contributed by atoms with Crippen LogP contribution in [0.1, 0.15) is 39.2 Å². The number of hydrogen-bond donors (Lipinski definition) is 0. The molecule has 0 saturated heterocycles. The van der Waals surface area contributed by atoms with Crippen molar-refractivity contribution in [2.24, 2.45) is 5.92 Å². The molecule has 0 aliphatic heterocycles. The van der Waals surface area contributed by atoms with E-state index in [0.717, 1.165) is 18.4 Å². The van der Waals surface area contributed by atoms with Gasteiger partial charge in [-0.2, -0.15) is 0 Å². The summed E-state index contributed by atoms with van der Waals surface area (Å²) in [5.74, 6) is 0.193.